The highest BCUT2D eigenvalue weighted by Gasteiger charge is 2.45. The summed E-state index contributed by atoms with van der Waals surface area (Å²) >= 11 is 0.986. The number of carbonyl (C=O) groups excluding carboxylic acids is 2. The number of amides is 2. The second-order valence-electron chi connectivity index (χ2n) is 6.32. The number of nitrogens with zero attached hydrogens (tertiary/aromatic N) is 2. The second kappa shape index (κ2) is 7.59. The average molecular weight is 372 g/mol. The van der Waals surface area contributed by atoms with Crippen LogP contribution in [-0.2, 0) is 9.59 Å². The zero-order valence-electron chi connectivity index (χ0n) is 14.5. The van der Waals surface area contributed by atoms with Crippen molar-refractivity contribution in [1.29, 1.82) is 10.5 Å². The Hall–Kier alpha value is -2.84. The number of carbonyl (C=O) groups is 2. The van der Waals surface area contributed by atoms with Crippen molar-refractivity contribution < 1.29 is 14.0 Å². The summed E-state index contributed by atoms with van der Waals surface area (Å²) in [5.74, 6) is -2.54. The molecule has 0 saturated carbocycles. The average Bonchev–Trinajstić information content (AvgIpc) is 2.56. The third-order valence-electron chi connectivity index (χ3n) is 4.13. The van der Waals surface area contributed by atoms with Gasteiger partial charge in [0.05, 0.1) is 33.7 Å². The van der Waals surface area contributed by atoms with Gasteiger partial charge >= 0.3 is 0 Å². The van der Waals surface area contributed by atoms with Crippen LogP contribution in [0.5, 0.6) is 0 Å². The lowest BCUT2D eigenvalue weighted by molar-refractivity contribution is -0.125. The Labute approximate surface area is 155 Å². The predicted molar refractivity (Wildman–Crippen MR) is 95.7 cm³/mol. The zero-order chi connectivity index (χ0) is 19.5. The number of benzene rings is 1. The maximum Gasteiger partial charge on any atom is 0.243 e. The second-order valence-corrected chi connectivity index (χ2v) is 7.67. The Balaban J connectivity index is 2.23. The lowest BCUT2D eigenvalue weighted by Gasteiger charge is -2.35. The molecular formula is C18H17FN4O2S. The van der Waals surface area contributed by atoms with E-state index in [-0.39, 0.29) is 16.3 Å². The molecule has 1 aliphatic rings. The highest BCUT2D eigenvalue weighted by atomic mass is 32.2. The number of para-hydroxylation sites is 1. The van der Waals surface area contributed by atoms with Gasteiger partial charge in [-0.25, -0.2) is 4.39 Å². The van der Waals surface area contributed by atoms with Crippen LogP contribution < -0.4 is 10.6 Å². The fourth-order valence-electron chi connectivity index (χ4n) is 2.54. The summed E-state index contributed by atoms with van der Waals surface area (Å²) in [5, 5.41) is 23.2. The number of anilines is 1. The maximum atomic E-state index is 13.7. The first kappa shape index (κ1) is 19.5. The van der Waals surface area contributed by atoms with Crippen molar-refractivity contribution in [3.8, 4) is 12.1 Å². The summed E-state index contributed by atoms with van der Waals surface area (Å²) in [4.78, 5) is 24.5. The minimum absolute atomic E-state index is 0.0528. The SMILES string of the molecule is C[C@H](SC1=C(C#N)C(C)(C)[C@@H](C#N)C(=O)N1)C(=O)Nc1ccccc1F. The van der Waals surface area contributed by atoms with Crippen LogP contribution in [0.3, 0.4) is 0 Å². The third kappa shape index (κ3) is 3.71. The number of nitriles is 2. The highest BCUT2D eigenvalue weighted by Crippen LogP contribution is 2.42. The molecule has 2 amide bonds. The Morgan fingerprint density at radius 1 is 1.38 bits per heavy atom. The standard InChI is InChI=1S/C18H17FN4O2S/c1-10(15(24)22-14-7-5-4-6-13(14)19)26-17-12(9-21)18(2,3)11(8-20)16(25)23-17/h4-7,10-11H,1-3H3,(H,22,24)(H,23,25)/t10-,11-/m0/s1. The molecule has 0 aliphatic carbocycles. The molecule has 2 N–H and O–H groups in total. The molecule has 0 aromatic heterocycles. The van der Waals surface area contributed by atoms with Crippen LogP contribution in [0.15, 0.2) is 34.9 Å². The Kier molecular flexibility index (Phi) is 5.69. The van der Waals surface area contributed by atoms with Gasteiger partial charge in [0.25, 0.3) is 0 Å². The third-order valence-corrected chi connectivity index (χ3v) is 5.24. The van der Waals surface area contributed by atoms with E-state index in [2.05, 4.69) is 10.6 Å². The molecule has 134 valence electrons. The normalized spacial score (nSPS) is 19.8. The molecule has 6 nitrogen and oxygen atoms in total. The van der Waals surface area contributed by atoms with Crippen LogP contribution in [0, 0.1) is 39.8 Å². The summed E-state index contributed by atoms with van der Waals surface area (Å²) in [6.45, 7) is 4.87. The van der Waals surface area contributed by atoms with Gasteiger partial charge in [0, 0.05) is 5.41 Å². The van der Waals surface area contributed by atoms with E-state index in [4.69, 9.17) is 0 Å². The van der Waals surface area contributed by atoms with Crippen LogP contribution in [0.2, 0.25) is 0 Å². The smallest absolute Gasteiger partial charge is 0.243 e. The summed E-state index contributed by atoms with van der Waals surface area (Å²) in [5.41, 5.74) is -0.688. The Morgan fingerprint density at radius 3 is 2.62 bits per heavy atom. The lowest BCUT2D eigenvalue weighted by Crippen LogP contribution is -2.45. The van der Waals surface area contributed by atoms with Gasteiger partial charge in [0.15, 0.2) is 0 Å². The van der Waals surface area contributed by atoms with E-state index in [0.717, 1.165) is 11.8 Å². The summed E-state index contributed by atoms with van der Waals surface area (Å²) in [6, 6.07) is 9.73. The zero-order valence-corrected chi connectivity index (χ0v) is 15.3. The van der Waals surface area contributed by atoms with Crippen molar-refractivity contribution in [3.05, 3.63) is 40.7 Å². The first-order chi connectivity index (χ1) is 12.2. The van der Waals surface area contributed by atoms with Crippen molar-refractivity contribution in [2.24, 2.45) is 11.3 Å². The molecular weight excluding hydrogens is 355 g/mol. The molecule has 0 saturated heterocycles. The number of nitrogens with one attached hydrogen (secondary N) is 2. The van der Waals surface area contributed by atoms with E-state index in [1.54, 1.807) is 26.8 Å². The van der Waals surface area contributed by atoms with Gasteiger partial charge in [0.1, 0.15) is 11.7 Å². The van der Waals surface area contributed by atoms with Crippen LogP contribution in [0.25, 0.3) is 0 Å². The number of hydrogen-bond acceptors (Lipinski definition) is 5. The molecule has 0 fully saturated rings. The minimum atomic E-state index is -0.996. The van der Waals surface area contributed by atoms with Gasteiger partial charge < -0.3 is 10.6 Å². The maximum absolute atomic E-state index is 13.7. The molecule has 0 radical (unpaired) electrons. The number of thioether (sulfide) groups is 1. The van der Waals surface area contributed by atoms with E-state index in [0.29, 0.717) is 0 Å². The number of rotatable bonds is 4. The van der Waals surface area contributed by atoms with Crippen molar-refractivity contribution in [1.82, 2.24) is 5.32 Å². The van der Waals surface area contributed by atoms with Crippen molar-refractivity contribution in [2.75, 3.05) is 5.32 Å². The number of allylic oxidation sites excluding steroid dienone is 1. The fourth-order valence-corrected chi connectivity index (χ4v) is 3.65. The number of hydrogen-bond donors (Lipinski definition) is 2. The molecule has 2 atom stereocenters. The van der Waals surface area contributed by atoms with E-state index in [9.17, 15) is 24.5 Å². The highest BCUT2D eigenvalue weighted by molar-refractivity contribution is 8.04. The quantitative estimate of drug-likeness (QED) is 0.845. The van der Waals surface area contributed by atoms with E-state index >= 15 is 0 Å². The Bertz CT molecular complexity index is 867. The molecule has 26 heavy (non-hydrogen) atoms. The van der Waals surface area contributed by atoms with Gasteiger partial charge in [0.2, 0.25) is 11.8 Å². The molecule has 0 spiro atoms. The van der Waals surface area contributed by atoms with Gasteiger partial charge in [-0.15, -0.1) is 0 Å². The van der Waals surface area contributed by atoms with Crippen LogP contribution in [0.4, 0.5) is 10.1 Å². The van der Waals surface area contributed by atoms with E-state index < -0.39 is 34.2 Å². The Morgan fingerprint density at radius 2 is 2.04 bits per heavy atom. The van der Waals surface area contributed by atoms with Gasteiger partial charge in [-0.2, -0.15) is 10.5 Å². The molecule has 0 unspecified atom stereocenters. The molecule has 1 aromatic rings. The summed E-state index contributed by atoms with van der Waals surface area (Å²) in [6.07, 6.45) is 0. The lowest BCUT2D eigenvalue weighted by atomic mass is 9.72. The first-order valence-corrected chi connectivity index (χ1v) is 8.67. The predicted octanol–water partition coefficient (Wildman–Crippen LogP) is 2.92. The minimum Gasteiger partial charge on any atom is -0.323 e. The number of halogens is 1. The molecule has 2 rings (SSSR count). The van der Waals surface area contributed by atoms with E-state index in [1.165, 1.54) is 18.2 Å². The summed E-state index contributed by atoms with van der Waals surface area (Å²) in [7, 11) is 0. The van der Waals surface area contributed by atoms with Crippen LogP contribution >= 0.6 is 11.8 Å². The van der Waals surface area contributed by atoms with Gasteiger partial charge in [-0.05, 0) is 19.1 Å². The summed E-state index contributed by atoms with van der Waals surface area (Å²) < 4.78 is 13.7. The largest absolute Gasteiger partial charge is 0.323 e. The van der Waals surface area contributed by atoms with Crippen LogP contribution in [0.1, 0.15) is 20.8 Å². The van der Waals surface area contributed by atoms with Crippen molar-refractivity contribution >= 4 is 29.3 Å². The van der Waals surface area contributed by atoms with Crippen LogP contribution in [-0.4, -0.2) is 17.1 Å². The fraction of sp³-hybridized carbons (Fsp3) is 0.333. The van der Waals surface area contributed by atoms with Gasteiger partial charge in [-0.1, -0.05) is 37.7 Å². The molecule has 1 heterocycles. The van der Waals surface area contributed by atoms with E-state index in [1.807, 2.05) is 12.1 Å². The molecule has 1 aromatic carbocycles. The first-order valence-electron chi connectivity index (χ1n) is 7.79. The topological polar surface area (TPSA) is 106 Å². The van der Waals surface area contributed by atoms with Crippen molar-refractivity contribution in [2.45, 2.75) is 26.0 Å². The monoisotopic (exact) mass is 372 g/mol. The molecule has 0 bridgehead atoms. The molecule has 1 aliphatic heterocycles. The van der Waals surface area contributed by atoms with Crippen molar-refractivity contribution in [3.63, 3.8) is 0 Å². The van der Waals surface area contributed by atoms with Gasteiger partial charge in [-0.3, -0.25) is 9.59 Å². The molecule has 8 heteroatoms.